The van der Waals surface area contributed by atoms with Crippen molar-refractivity contribution in [3.8, 4) is 5.75 Å². The standard InChI is InChI=1S/C19H20ClF3N2O4S/c1-12(2)10-24-30(27,28)15-6-4-14(5-7-15)29-11-18(26)25-13-3-8-17(20)16(9-13)19(21,22)23/h3-9,12,24H,10-11H2,1-2H3,(H,25,26). The molecular weight excluding hydrogens is 445 g/mol. The molecule has 0 spiro atoms. The second kappa shape index (κ2) is 9.67. The fourth-order valence-electron chi connectivity index (χ4n) is 2.24. The minimum absolute atomic E-state index is 0.0424. The number of nitrogens with one attached hydrogen (secondary N) is 2. The topological polar surface area (TPSA) is 84.5 Å². The lowest BCUT2D eigenvalue weighted by molar-refractivity contribution is -0.137. The Labute approximate surface area is 177 Å². The zero-order valence-corrected chi connectivity index (χ0v) is 17.7. The van der Waals surface area contributed by atoms with Crippen LogP contribution < -0.4 is 14.8 Å². The lowest BCUT2D eigenvalue weighted by atomic mass is 10.2. The van der Waals surface area contributed by atoms with Crippen LogP contribution in [0, 0.1) is 5.92 Å². The highest BCUT2D eigenvalue weighted by molar-refractivity contribution is 7.89. The molecule has 11 heteroatoms. The Balaban J connectivity index is 1.96. The first-order chi connectivity index (χ1) is 13.9. The van der Waals surface area contributed by atoms with Crippen molar-refractivity contribution < 1.29 is 31.1 Å². The van der Waals surface area contributed by atoms with Gasteiger partial charge in [-0.15, -0.1) is 0 Å². The minimum atomic E-state index is -4.65. The van der Waals surface area contributed by atoms with Crippen LogP contribution in [0.25, 0.3) is 0 Å². The van der Waals surface area contributed by atoms with E-state index in [1.807, 2.05) is 13.8 Å². The van der Waals surface area contributed by atoms with Crippen LogP contribution in [0.1, 0.15) is 19.4 Å². The molecule has 0 bridgehead atoms. The fourth-order valence-corrected chi connectivity index (χ4v) is 3.68. The predicted molar refractivity (Wildman–Crippen MR) is 107 cm³/mol. The van der Waals surface area contributed by atoms with E-state index in [-0.39, 0.29) is 22.3 Å². The van der Waals surface area contributed by atoms with E-state index in [9.17, 15) is 26.4 Å². The van der Waals surface area contributed by atoms with Crippen LogP contribution in [-0.4, -0.2) is 27.5 Å². The van der Waals surface area contributed by atoms with Crippen LogP contribution in [-0.2, 0) is 21.0 Å². The van der Waals surface area contributed by atoms with Crippen molar-refractivity contribution in [1.82, 2.24) is 4.72 Å². The van der Waals surface area contributed by atoms with Crippen molar-refractivity contribution in [2.75, 3.05) is 18.5 Å². The van der Waals surface area contributed by atoms with E-state index >= 15 is 0 Å². The molecule has 0 saturated carbocycles. The van der Waals surface area contributed by atoms with Crippen molar-refractivity contribution >= 4 is 33.2 Å². The van der Waals surface area contributed by atoms with Gasteiger partial charge in [0.05, 0.1) is 15.5 Å². The molecule has 0 atom stereocenters. The lowest BCUT2D eigenvalue weighted by Crippen LogP contribution is -2.27. The van der Waals surface area contributed by atoms with Gasteiger partial charge in [-0.2, -0.15) is 13.2 Å². The highest BCUT2D eigenvalue weighted by Crippen LogP contribution is 2.36. The first-order valence-electron chi connectivity index (χ1n) is 8.77. The smallest absolute Gasteiger partial charge is 0.417 e. The van der Waals surface area contributed by atoms with Gasteiger partial charge in [0.15, 0.2) is 6.61 Å². The van der Waals surface area contributed by atoms with E-state index in [4.69, 9.17) is 16.3 Å². The molecule has 2 N–H and O–H groups in total. The summed E-state index contributed by atoms with van der Waals surface area (Å²) >= 11 is 5.53. The molecule has 0 aliphatic heterocycles. The molecule has 0 aliphatic rings. The van der Waals surface area contributed by atoms with Gasteiger partial charge in [-0.25, -0.2) is 13.1 Å². The monoisotopic (exact) mass is 464 g/mol. The van der Waals surface area contributed by atoms with Crippen LogP contribution in [0.15, 0.2) is 47.4 Å². The molecule has 2 aromatic rings. The number of halogens is 4. The number of anilines is 1. The Morgan fingerprint density at radius 3 is 2.33 bits per heavy atom. The van der Waals surface area contributed by atoms with Crippen molar-refractivity contribution in [1.29, 1.82) is 0 Å². The highest BCUT2D eigenvalue weighted by atomic mass is 35.5. The number of carbonyl (C=O) groups excluding carboxylic acids is 1. The summed E-state index contributed by atoms with van der Waals surface area (Å²) < 4.78 is 70.6. The quantitative estimate of drug-likeness (QED) is 0.609. The number of ether oxygens (including phenoxy) is 1. The van der Waals surface area contributed by atoms with E-state index in [1.165, 1.54) is 30.3 Å². The number of carbonyl (C=O) groups is 1. The molecule has 0 aromatic heterocycles. The number of benzene rings is 2. The maximum atomic E-state index is 12.9. The first kappa shape index (κ1) is 24.0. The van der Waals surface area contributed by atoms with Gasteiger partial charge in [0, 0.05) is 12.2 Å². The van der Waals surface area contributed by atoms with E-state index in [0.717, 1.165) is 12.1 Å². The molecule has 0 aliphatic carbocycles. The zero-order chi connectivity index (χ0) is 22.5. The van der Waals surface area contributed by atoms with Gasteiger partial charge >= 0.3 is 6.18 Å². The van der Waals surface area contributed by atoms with Gasteiger partial charge in [-0.3, -0.25) is 4.79 Å². The van der Waals surface area contributed by atoms with Crippen molar-refractivity contribution in [2.24, 2.45) is 5.92 Å². The van der Waals surface area contributed by atoms with Crippen LogP contribution >= 0.6 is 11.6 Å². The second-order valence-corrected chi connectivity index (χ2v) is 8.92. The summed E-state index contributed by atoms with van der Waals surface area (Å²) in [7, 11) is -3.65. The fraction of sp³-hybridized carbons (Fsp3) is 0.316. The van der Waals surface area contributed by atoms with Gasteiger partial charge < -0.3 is 10.1 Å². The van der Waals surface area contributed by atoms with E-state index < -0.39 is 39.3 Å². The highest BCUT2D eigenvalue weighted by Gasteiger charge is 2.33. The molecule has 30 heavy (non-hydrogen) atoms. The van der Waals surface area contributed by atoms with Gasteiger partial charge in [0.1, 0.15) is 5.75 Å². The molecule has 164 valence electrons. The average molecular weight is 465 g/mol. The number of amides is 1. The molecule has 1 amide bonds. The molecule has 6 nitrogen and oxygen atoms in total. The summed E-state index contributed by atoms with van der Waals surface area (Å²) in [5.41, 5.74) is -1.15. The Morgan fingerprint density at radius 2 is 1.77 bits per heavy atom. The molecule has 0 unspecified atom stereocenters. The van der Waals surface area contributed by atoms with Crippen molar-refractivity contribution in [3.05, 3.63) is 53.1 Å². The Bertz CT molecular complexity index is 994. The summed E-state index contributed by atoms with van der Waals surface area (Å²) in [4.78, 5) is 12.0. The predicted octanol–water partition coefficient (Wildman–Crippen LogP) is 4.31. The molecule has 0 heterocycles. The molecule has 0 fully saturated rings. The molecule has 2 aromatic carbocycles. The Kier molecular flexibility index (Phi) is 7.73. The number of hydrogen-bond acceptors (Lipinski definition) is 4. The summed E-state index contributed by atoms with van der Waals surface area (Å²) in [6.45, 7) is 3.56. The van der Waals surface area contributed by atoms with Gasteiger partial charge in [-0.1, -0.05) is 25.4 Å². The number of alkyl halides is 3. The molecule has 0 radical (unpaired) electrons. The van der Waals surface area contributed by atoms with E-state index in [2.05, 4.69) is 10.0 Å². The SMILES string of the molecule is CC(C)CNS(=O)(=O)c1ccc(OCC(=O)Nc2ccc(Cl)c(C(F)(F)F)c2)cc1. The second-order valence-electron chi connectivity index (χ2n) is 6.75. The molecular formula is C19H20ClF3N2O4S. The number of hydrogen-bond donors (Lipinski definition) is 2. The summed E-state index contributed by atoms with van der Waals surface area (Å²) in [5, 5.41) is 1.81. The maximum absolute atomic E-state index is 12.9. The van der Waals surface area contributed by atoms with E-state index in [0.29, 0.717) is 6.54 Å². The van der Waals surface area contributed by atoms with Gasteiger partial charge in [-0.05, 0) is 48.4 Å². The molecule has 0 saturated heterocycles. The maximum Gasteiger partial charge on any atom is 0.417 e. The van der Waals surface area contributed by atoms with Crippen LogP contribution in [0.3, 0.4) is 0 Å². The zero-order valence-electron chi connectivity index (χ0n) is 16.1. The normalized spacial score (nSPS) is 12.1. The van der Waals surface area contributed by atoms with Crippen LogP contribution in [0.2, 0.25) is 5.02 Å². The molecule has 2 rings (SSSR count). The third kappa shape index (κ3) is 6.89. The van der Waals surface area contributed by atoms with Crippen molar-refractivity contribution in [3.63, 3.8) is 0 Å². The van der Waals surface area contributed by atoms with Crippen LogP contribution in [0.5, 0.6) is 5.75 Å². The van der Waals surface area contributed by atoms with Gasteiger partial charge in [0.25, 0.3) is 5.91 Å². The third-order valence-corrected chi connectivity index (χ3v) is 5.51. The average Bonchev–Trinajstić information content (AvgIpc) is 2.66. The largest absolute Gasteiger partial charge is 0.484 e. The summed E-state index contributed by atoms with van der Waals surface area (Å²) in [6, 6.07) is 8.40. The summed E-state index contributed by atoms with van der Waals surface area (Å²) in [6.07, 6.45) is -4.65. The minimum Gasteiger partial charge on any atom is -0.484 e. The number of rotatable bonds is 8. The third-order valence-electron chi connectivity index (χ3n) is 3.74. The van der Waals surface area contributed by atoms with E-state index in [1.54, 1.807) is 0 Å². The van der Waals surface area contributed by atoms with Crippen LogP contribution in [0.4, 0.5) is 18.9 Å². The first-order valence-corrected chi connectivity index (χ1v) is 10.6. The lowest BCUT2D eigenvalue weighted by Gasteiger charge is -2.12. The summed E-state index contributed by atoms with van der Waals surface area (Å²) in [5.74, 6) is -0.325. The number of sulfonamides is 1. The Morgan fingerprint density at radius 1 is 1.13 bits per heavy atom. The Hall–Kier alpha value is -2.30. The van der Waals surface area contributed by atoms with Gasteiger partial charge in [0.2, 0.25) is 10.0 Å². The van der Waals surface area contributed by atoms with Crippen molar-refractivity contribution in [2.45, 2.75) is 24.9 Å².